The van der Waals surface area contributed by atoms with Crippen molar-refractivity contribution >= 4 is 29.1 Å². The summed E-state index contributed by atoms with van der Waals surface area (Å²) in [7, 11) is 5.24. The number of ether oxygens (including phenoxy) is 4. The molecule has 1 N–H and O–H groups in total. The SMILES string of the molecule is OC(c1c(P)ccc2c1OCO2)c1c(P)ccc2c1OCO2. The van der Waals surface area contributed by atoms with Gasteiger partial charge in [0.05, 0.1) is 0 Å². The molecule has 2 aromatic carbocycles. The standard InChI is InChI=1S/C15H14O5P2/c16-13(11-9(21)3-1-7-14(11)19-5-17-7)12-10(22)4-2-8-15(12)20-6-18-8/h1-4,13,16H,5-6,21-22H2. The fourth-order valence-corrected chi connectivity index (χ4v) is 3.50. The Labute approximate surface area is 131 Å². The first-order valence-corrected chi connectivity index (χ1v) is 7.86. The molecule has 5 nitrogen and oxygen atoms in total. The third kappa shape index (κ3) is 2.04. The van der Waals surface area contributed by atoms with Crippen LogP contribution in [0.1, 0.15) is 17.2 Å². The minimum Gasteiger partial charge on any atom is -0.454 e. The molecule has 2 unspecified atom stereocenters. The summed E-state index contributed by atoms with van der Waals surface area (Å²) in [6.45, 7) is 0.312. The van der Waals surface area contributed by atoms with Gasteiger partial charge in [0.15, 0.2) is 23.0 Å². The van der Waals surface area contributed by atoms with Crippen molar-refractivity contribution in [2.45, 2.75) is 6.10 Å². The number of aliphatic hydroxyl groups excluding tert-OH is 1. The Morgan fingerprint density at radius 1 is 0.773 bits per heavy atom. The van der Waals surface area contributed by atoms with E-state index in [2.05, 4.69) is 18.5 Å². The van der Waals surface area contributed by atoms with Gasteiger partial charge in [-0.1, -0.05) is 12.1 Å². The molecule has 114 valence electrons. The van der Waals surface area contributed by atoms with E-state index in [1.165, 1.54) is 0 Å². The first-order valence-electron chi connectivity index (χ1n) is 6.71. The second-order valence-electron chi connectivity index (χ2n) is 5.01. The summed E-state index contributed by atoms with van der Waals surface area (Å²) in [6, 6.07) is 7.41. The molecule has 0 saturated heterocycles. The highest BCUT2D eigenvalue weighted by Crippen LogP contribution is 2.45. The second kappa shape index (κ2) is 5.27. The summed E-state index contributed by atoms with van der Waals surface area (Å²) in [6.07, 6.45) is -0.909. The van der Waals surface area contributed by atoms with Crippen LogP contribution in [-0.4, -0.2) is 18.7 Å². The van der Waals surface area contributed by atoms with Crippen molar-refractivity contribution in [1.29, 1.82) is 0 Å². The van der Waals surface area contributed by atoms with Gasteiger partial charge in [-0.05, 0) is 22.7 Å². The van der Waals surface area contributed by atoms with Gasteiger partial charge in [-0.3, -0.25) is 0 Å². The number of hydrogen-bond donors (Lipinski definition) is 1. The lowest BCUT2D eigenvalue weighted by Gasteiger charge is -2.19. The average Bonchev–Trinajstić information content (AvgIpc) is 3.14. The number of aliphatic hydroxyl groups is 1. The van der Waals surface area contributed by atoms with Crippen LogP contribution in [0.5, 0.6) is 23.0 Å². The molecular weight excluding hydrogens is 322 g/mol. The van der Waals surface area contributed by atoms with E-state index >= 15 is 0 Å². The minimum absolute atomic E-state index is 0.156. The predicted octanol–water partition coefficient (Wildman–Crippen LogP) is 1.23. The van der Waals surface area contributed by atoms with Crippen LogP contribution in [0.2, 0.25) is 0 Å². The number of fused-ring (bicyclic) bond motifs is 2. The Kier molecular flexibility index (Phi) is 3.37. The Morgan fingerprint density at radius 3 is 1.68 bits per heavy atom. The van der Waals surface area contributed by atoms with Crippen LogP contribution in [0.4, 0.5) is 0 Å². The molecule has 22 heavy (non-hydrogen) atoms. The lowest BCUT2D eigenvalue weighted by molar-refractivity contribution is 0.163. The van der Waals surface area contributed by atoms with Gasteiger partial charge in [0.25, 0.3) is 0 Å². The normalized spacial score (nSPS) is 14.7. The molecule has 2 aliphatic rings. The van der Waals surface area contributed by atoms with Gasteiger partial charge < -0.3 is 24.1 Å². The van der Waals surface area contributed by atoms with Gasteiger partial charge in [-0.15, -0.1) is 18.5 Å². The maximum Gasteiger partial charge on any atom is 0.231 e. The molecule has 2 aromatic rings. The first-order chi connectivity index (χ1) is 10.7. The topological polar surface area (TPSA) is 57.2 Å². The fourth-order valence-electron chi connectivity index (χ4n) is 2.73. The van der Waals surface area contributed by atoms with Crippen LogP contribution in [0.15, 0.2) is 24.3 Å². The molecule has 2 atom stereocenters. The van der Waals surface area contributed by atoms with E-state index in [-0.39, 0.29) is 13.6 Å². The van der Waals surface area contributed by atoms with Crippen molar-refractivity contribution in [3.63, 3.8) is 0 Å². The van der Waals surface area contributed by atoms with Crippen molar-refractivity contribution in [3.05, 3.63) is 35.4 Å². The van der Waals surface area contributed by atoms with Crippen LogP contribution >= 0.6 is 18.5 Å². The highest BCUT2D eigenvalue weighted by molar-refractivity contribution is 7.28. The molecule has 0 spiro atoms. The van der Waals surface area contributed by atoms with Crippen LogP contribution in [0.3, 0.4) is 0 Å². The molecular formula is C15H14O5P2. The zero-order valence-corrected chi connectivity index (χ0v) is 13.8. The minimum atomic E-state index is -0.909. The van der Waals surface area contributed by atoms with E-state index in [1.54, 1.807) is 0 Å². The zero-order chi connectivity index (χ0) is 15.3. The molecule has 0 amide bonds. The number of benzene rings is 2. The fraction of sp³-hybridized carbons (Fsp3) is 0.200. The van der Waals surface area contributed by atoms with Crippen molar-refractivity contribution in [1.82, 2.24) is 0 Å². The Balaban J connectivity index is 1.89. The van der Waals surface area contributed by atoms with Crippen LogP contribution in [0.25, 0.3) is 0 Å². The largest absolute Gasteiger partial charge is 0.454 e. The van der Waals surface area contributed by atoms with E-state index in [4.69, 9.17) is 18.9 Å². The molecule has 7 heteroatoms. The molecule has 0 fully saturated rings. The van der Waals surface area contributed by atoms with E-state index in [0.717, 1.165) is 10.6 Å². The zero-order valence-electron chi connectivity index (χ0n) is 11.5. The third-order valence-corrected chi connectivity index (χ3v) is 4.78. The highest BCUT2D eigenvalue weighted by Gasteiger charge is 2.31. The lowest BCUT2D eigenvalue weighted by Crippen LogP contribution is -2.16. The summed E-state index contributed by atoms with van der Waals surface area (Å²) in [4.78, 5) is 0. The van der Waals surface area contributed by atoms with Gasteiger partial charge in [0.1, 0.15) is 6.10 Å². The van der Waals surface area contributed by atoms with Crippen molar-refractivity contribution in [2.75, 3.05) is 13.6 Å². The molecule has 0 bridgehead atoms. The second-order valence-corrected chi connectivity index (χ2v) is 6.25. The van der Waals surface area contributed by atoms with Crippen LogP contribution < -0.4 is 29.6 Å². The summed E-state index contributed by atoms with van der Waals surface area (Å²) >= 11 is 0. The number of hydrogen-bond acceptors (Lipinski definition) is 5. The maximum absolute atomic E-state index is 11.0. The number of rotatable bonds is 2. The Morgan fingerprint density at radius 2 is 1.23 bits per heavy atom. The average molecular weight is 336 g/mol. The molecule has 2 heterocycles. The van der Waals surface area contributed by atoms with Crippen molar-refractivity contribution in [3.8, 4) is 23.0 Å². The van der Waals surface area contributed by atoms with E-state index in [0.29, 0.717) is 34.1 Å². The summed E-state index contributed by atoms with van der Waals surface area (Å²) in [5.74, 6) is 2.41. The van der Waals surface area contributed by atoms with Gasteiger partial charge in [0.2, 0.25) is 13.6 Å². The monoisotopic (exact) mass is 336 g/mol. The summed E-state index contributed by atoms with van der Waals surface area (Å²) < 4.78 is 21.9. The van der Waals surface area contributed by atoms with Gasteiger partial charge in [-0.2, -0.15) is 0 Å². The molecule has 0 saturated carbocycles. The molecule has 0 radical (unpaired) electrons. The van der Waals surface area contributed by atoms with E-state index in [1.807, 2.05) is 24.3 Å². The molecule has 0 aliphatic carbocycles. The Hall–Kier alpha value is -1.54. The van der Waals surface area contributed by atoms with Gasteiger partial charge in [0, 0.05) is 11.1 Å². The van der Waals surface area contributed by atoms with Crippen LogP contribution in [-0.2, 0) is 0 Å². The quantitative estimate of drug-likeness (QED) is 0.836. The van der Waals surface area contributed by atoms with E-state index in [9.17, 15) is 5.11 Å². The smallest absolute Gasteiger partial charge is 0.231 e. The lowest BCUT2D eigenvalue weighted by atomic mass is 9.98. The Bertz CT molecular complexity index is 699. The van der Waals surface area contributed by atoms with Gasteiger partial charge in [-0.25, -0.2) is 0 Å². The van der Waals surface area contributed by atoms with E-state index < -0.39 is 6.10 Å². The molecule has 2 aliphatic heterocycles. The summed E-state index contributed by atoms with van der Waals surface area (Å²) in [5, 5.41) is 12.7. The predicted molar refractivity (Wildman–Crippen MR) is 87.9 cm³/mol. The first kappa shape index (κ1) is 14.1. The third-order valence-electron chi connectivity index (χ3n) is 3.77. The molecule has 0 aromatic heterocycles. The highest BCUT2D eigenvalue weighted by atomic mass is 31.0. The van der Waals surface area contributed by atoms with Crippen molar-refractivity contribution in [2.24, 2.45) is 0 Å². The van der Waals surface area contributed by atoms with Crippen LogP contribution in [0, 0.1) is 0 Å². The maximum atomic E-state index is 11.0. The molecule has 4 rings (SSSR count). The summed E-state index contributed by atoms with van der Waals surface area (Å²) in [5.41, 5.74) is 1.32. The van der Waals surface area contributed by atoms with Gasteiger partial charge >= 0.3 is 0 Å². The van der Waals surface area contributed by atoms with Crippen molar-refractivity contribution < 1.29 is 24.1 Å².